The number of amides is 1. The Morgan fingerprint density at radius 1 is 1.59 bits per heavy atom. The number of carbonyl (C=O) groups is 2. The van der Waals surface area contributed by atoms with Crippen LogP contribution in [0.1, 0.15) is 19.8 Å². The fourth-order valence-corrected chi connectivity index (χ4v) is 2.86. The summed E-state index contributed by atoms with van der Waals surface area (Å²) in [5, 5.41) is 13.3. The van der Waals surface area contributed by atoms with Crippen LogP contribution in [0.2, 0.25) is 0 Å². The van der Waals surface area contributed by atoms with Crippen molar-refractivity contribution in [2.45, 2.75) is 30.0 Å². The highest BCUT2D eigenvalue weighted by Crippen LogP contribution is 2.22. The van der Waals surface area contributed by atoms with E-state index in [0.717, 1.165) is 4.21 Å². The fourth-order valence-electron chi connectivity index (χ4n) is 1.26. The number of nitrogens with one attached hydrogen (secondary N) is 1. The first kappa shape index (κ1) is 14.1. The molecule has 4 nitrogen and oxygen atoms in total. The number of carboxylic acid groups (broad SMARTS) is 1. The van der Waals surface area contributed by atoms with Crippen LogP contribution in [-0.4, -0.2) is 28.8 Å². The van der Waals surface area contributed by atoms with Crippen LogP contribution >= 0.6 is 23.1 Å². The Morgan fingerprint density at radius 3 is 2.88 bits per heavy atom. The van der Waals surface area contributed by atoms with E-state index in [4.69, 9.17) is 5.11 Å². The van der Waals surface area contributed by atoms with Gasteiger partial charge in [0.2, 0.25) is 5.91 Å². The zero-order valence-corrected chi connectivity index (χ0v) is 11.1. The van der Waals surface area contributed by atoms with E-state index in [2.05, 4.69) is 5.32 Å². The predicted molar refractivity (Wildman–Crippen MR) is 69.5 cm³/mol. The molecule has 94 valence electrons. The molecule has 17 heavy (non-hydrogen) atoms. The molecule has 0 aromatic carbocycles. The molecule has 1 heterocycles. The predicted octanol–water partition coefficient (Wildman–Crippen LogP) is 2.21. The Labute approximate surface area is 108 Å². The van der Waals surface area contributed by atoms with Gasteiger partial charge in [-0.2, -0.15) is 0 Å². The van der Waals surface area contributed by atoms with Crippen molar-refractivity contribution in [3.8, 4) is 0 Å². The van der Waals surface area contributed by atoms with E-state index in [1.165, 1.54) is 11.8 Å². The quantitative estimate of drug-likeness (QED) is 0.748. The molecule has 2 N–H and O–H groups in total. The highest BCUT2D eigenvalue weighted by molar-refractivity contribution is 8.01. The van der Waals surface area contributed by atoms with Crippen molar-refractivity contribution in [3.63, 3.8) is 0 Å². The normalized spacial score (nSPS) is 12.1. The fraction of sp³-hybridized carbons (Fsp3) is 0.455. The lowest BCUT2D eigenvalue weighted by molar-refractivity contribution is -0.137. The molecule has 1 aromatic rings. The highest BCUT2D eigenvalue weighted by atomic mass is 32.2. The van der Waals surface area contributed by atoms with Crippen LogP contribution in [0, 0.1) is 0 Å². The number of hydrogen-bond acceptors (Lipinski definition) is 4. The van der Waals surface area contributed by atoms with E-state index >= 15 is 0 Å². The van der Waals surface area contributed by atoms with E-state index in [1.54, 1.807) is 11.3 Å². The first-order valence-electron chi connectivity index (χ1n) is 5.29. The first-order valence-corrected chi connectivity index (χ1v) is 7.15. The molecule has 0 spiro atoms. The van der Waals surface area contributed by atoms with Crippen molar-refractivity contribution in [3.05, 3.63) is 17.5 Å². The van der Waals surface area contributed by atoms with Crippen LogP contribution in [-0.2, 0) is 9.59 Å². The van der Waals surface area contributed by atoms with Gasteiger partial charge in [0.25, 0.3) is 0 Å². The second-order valence-corrected chi connectivity index (χ2v) is 5.71. The molecule has 1 unspecified atom stereocenters. The standard InChI is InChI=1S/C11H15NO3S2/c1-2-8(6-10(14)15)12-9(13)7-17-11-4-3-5-16-11/h3-5,8H,2,6-7H2,1H3,(H,12,13)(H,14,15). The summed E-state index contributed by atoms with van der Waals surface area (Å²) in [6.45, 7) is 1.86. The number of aliphatic carboxylic acids is 1. The Bertz CT molecular complexity index is 365. The minimum Gasteiger partial charge on any atom is -0.481 e. The summed E-state index contributed by atoms with van der Waals surface area (Å²) in [6, 6.07) is 3.62. The maximum absolute atomic E-state index is 11.6. The average Bonchev–Trinajstić information content (AvgIpc) is 2.77. The zero-order valence-electron chi connectivity index (χ0n) is 9.51. The van der Waals surface area contributed by atoms with Crippen molar-refractivity contribution in [1.82, 2.24) is 5.32 Å². The van der Waals surface area contributed by atoms with Crippen molar-refractivity contribution in [2.75, 3.05) is 5.75 Å². The number of thiophene rings is 1. The molecule has 0 saturated carbocycles. The minimum atomic E-state index is -0.886. The third-order valence-electron chi connectivity index (χ3n) is 2.12. The minimum absolute atomic E-state index is 0.0219. The SMILES string of the molecule is CCC(CC(=O)O)NC(=O)CSc1cccs1. The highest BCUT2D eigenvalue weighted by Gasteiger charge is 2.14. The van der Waals surface area contributed by atoms with Gasteiger partial charge in [0.05, 0.1) is 16.4 Å². The summed E-state index contributed by atoms with van der Waals surface area (Å²) in [7, 11) is 0. The summed E-state index contributed by atoms with van der Waals surface area (Å²) in [5.41, 5.74) is 0. The lowest BCUT2D eigenvalue weighted by Crippen LogP contribution is -2.37. The van der Waals surface area contributed by atoms with Crippen LogP contribution in [0.5, 0.6) is 0 Å². The van der Waals surface area contributed by atoms with Crippen LogP contribution in [0.15, 0.2) is 21.7 Å². The zero-order chi connectivity index (χ0) is 12.7. The molecule has 0 aliphatic heterocycles. The number of hydrogen-bond donors (Lipinski definition) is 2. The summed E-state index contributed by atoms with van der Waals surface area (Å²) in [4.78, 5) is 22.1. The molecule has 1 amide bonds. The van der Waals surface area contributed by atoms with Gasteiger partial charge in [-0.05, 0) is 17.9 Å². The Kier molecular flexibility index (Phi) is 6.07. The van der Waals surface area contributed by atoms with Crippen molar-refractivity contribution in [2.24, 2.45) is 0 Å². The second-order valence-electron chi connectivity index (χ2n) is 3.49. The molecule has 1 atom stereocenters. The topological polar surface area (TPSA) is 66.4 Å². The van der Waals surface area contributed by atoms with E-state index in [0.29, 0.717) is 12.2 Å². The van der Waals surface area contributed by atoms with Crippen LogP contribution in [0.3, 0.4) is 0 Å². The molecule has 0 radical (unpaired) electrons. The molecule has 0 fully saturated rings. The molecule has 0 saturated heterocycles. The molecule has 6 heteroatoms. The third-order valence-corrected chi connectivity index (χ3v) is 4.25. The van der Waals surface area contributed by atoms with Gasteiger partial charge in [0.15, 0.2) is 0 Å². The van der Waals surface area contributed by atoms with Gasteiger partial charge in [-0.15, -0.1) is 23.1 Å². The maximum Gasteiger partial charge on any atom is 0.305 e. The lowest BCUT2D eigenvalue weighted by atomic mass is 10.1. The van der Waals surface area contributed by atoms with E-state index < -0.39 is 5.97 Å². The summed E-state index contributed by atoms with van der Waals surface area (Å²) < 4.78 is 1.09. The van der Waals surface area contributed by atoms with Crippen LogP contribution in [0.4, 0.5) is 0 Å². The maximum atomic E-state index is 11.6. The summed E-state index contributed by atoms with van der Waals surface area (Å²) in [5.74, 6) is -0.670. The smallest absolute Gasteiger partial charge is 0.305 e. The van der Waals surface area contributed by atoms with Gasteiger partial charge in [0.1, 0.15) is 0 Å². The Balaban J connectivity index is 2.30. The number of carboxylic acids is 1. The molecule has 0 aliphatic rings. The van der Waals surface area contributed by atoms with Crippen LogP contribution in [0.25, 0.3) is 0 Å². The van der Waals surface area contributed by atoms with Crippen LogP contribution < -0.4 is 5.32 Å². The molecule has 0 aliphatic carbocycles. The summed E-state index contributed by atoms with van der Waals surface area (Å²) >= 11 is 3.05. The number of thioether (sulfide) groups is 1. The van der Waals surface area contributed by atoms with Crippen molar-refractivity contribution >= 4 is 35.0 Å². The third kappa shape index (κ3) is 5.74. The number of carbonyl (C=O) groups excluding carboxylic acids is 1. The molecular formula is C11H15NO3S2. The molecule has 1 aromatic heterocycles. The molecule has 0 bridgehead atoms. The largest absolute Gasteiger partial charge is 0.481 e. The summed E-state index contributed by atoms with van der Waals surface area (Å²) in [6.07, 6.45) is 0.605. The van der Waals surface area contributed by atoms with Gasteiger partial charge in [-0.3, -0.25) is 9.59 Å². The Hall–Kier alpha value is -1.01. The monoisotopic (exact) mass is 273 g/mol. The van der Waals surface area contributed by atoms with E-state index in [1.807, 2.05) is 24.4 Å². The Morgan fingerprint density at radius 2 is 2.35 bits per heavy atom. The first-order chi connectivity index (χ1) is 8.11. The second kappa shape index (κ2) is 7.34. The molecule has 1 rings (SSSR count). The molecular weight excluding hydrogens is 258 g/mol. The van der Waals surface area contributed by atoms with E-state index in [9.17, 15) is 9.59 Å². The average molecular weight is 273 g/mol. The van der Waals surface area contributed by atoms with Crippen molar-refractivity contribution in [1.29, 1.82) is 0 Å². The number of rotatable bonds is 7. The van der Waals surface area contributed by atoms with Gasteiger partial charge in [-0.25, -0.2) is 0 Å². The van der Waals surface area contributed by atoms with Gasteiger partial charge in [-0.1, -0.05) is 13.0 Å². The van der Waals surface area contributed by atoms with E-state index in [-0.39, 0.29) is 18.4 Å². The van der Waals surface area contributed by atoms with Gasteiger partial charge >= 0.3 is 5.97 Å². The van der Waals surface area contributed by atoms with Crippen molar-refractivity contribution < 1.29 is 14.7 Å². The van der Waals surface area contributed by atoms with Gasteiger partial charge in [0, 0.05) is 6.04 Å². The van der Waals surface area contributed by atoms with Gasteiger partial charge < -0.3 is 10.4 Å². The lowest BCUT2D eigenvalue weighted by Gasteiger charge is -2.14.